The van der Waals surface area contributed by atoms with E-state index in [9.17, 15) is 23.8 Å². The first-order chi connectivity index (χ1) is 3.71. The fourth-order valence-electron chi connectivity index (χ4n) is 0.126. The SMILES string of the molecule is O=P([O-])([O-])OP(=O)([O-])O.[Ca+2].[NH4+]. The summed E-state index contributed by atoms with van der Waals surface area (Å²) in [7, 11) is -11.0. The van der Waals surface area contributed by atoms with E-state index in [0.29, 0.717) is 0 Å². The average molecular weight is 233 g/mol. The van der Waals surface area contributed by atoms with Crippen molar-refractivity contribution in [3.05, 3.63) is 0 Å². The van der Waals surface area contributed by atoms with E-state index >= 15 is 0 Å². The third kappa shape index (κ3) is 18.4. The van der Waals surface area contributed by atoms with Gasteiger partial charge in [-0.3, -0.25) is 8.88 Å². The number of quaternary nitrogens is 1. The molecule has 0 aliphatic carbocycles. The van der Waals surface area contributed by atoms with Crippen LogP contribution in [0.3, 0.4) is 0 Å². The predicted molar refractivity (Wildman–Crippen MR) is 30.3 cm³/mol. The van der Waals surface area contributed by atoms with Gasteiger partial charge >= 0.3 is 37.7 Å². The van der Waals surface area contributed by atoms with E-state index in [4.69, 9.17) is 4.89 Å². The Balaban J connectivity index is -0.000000320. The molecule has 0 aliphatic heterocycles. The van der Waals surface area contributed by atoms with E-state index in [-0.39, 0.29) is 43.9 Å². The van der Waals surface area contributed by atoms with Crippen molar-refractivity contribution in [1.82, 2.24) is 6.15 Å². The zero-order valence-corrected chi connectivity index (χ0v) is 9.50. The van der Waals surface area contributed by atoms with Gasteiger partial charge in [0.05, 0.1) is 7.82 Å². The van der Waals surface area contributed by atoms with E-state index in [1.54, 1.807) is 0 Å². The first kappa shape index (κ1) is 18.3. The Hall–Kier alpha value is 1.48. The molecule has 5 N–H and O–H groups in total. The van der Waals surface area contributed by atoms with Gasteiger partial charge in [-0.15, -0.1) is 0 Å². The van der Waals surface area contributed by atoms with Gasteiger partial charge in [0.2, 0.25) is 0 Å². The van der Waals surface area contributed by atoms with Crippen LogP contribution in [0.1, 0.15) is 0 Å². The molecule has 0 heterocycles. The Morgan fingerprint density at radius 2 is 1.45 bits per heavy atom. The van der Waals surface area contributed by atoms with Crippen LogP contribution in [-0.4, -0.2) is 42.6 Å². The van der Waals surface area contributed by atoms with Crippen molar-refractivity contribution < 1.29 is 33.0 Å². The molecule has 0 saturated heterocycles. The van der Waals surface area contributed by atoms with Crippen LogP contribution in [0.4, 0.5) is 0 Å². The van der Waals surface area contributed by atoms with Crippen LogP contribution < -0.4 is 20.8 Å². The Bertz CT molecular complexity index is 157. The molecule has 0 amide bonds. The van der Waals surface area contributed by atoms with Crippen molar-refractivity contribution in [3.8, 4) is 0 Å². The summed E-state index contributed by atoms with van der Waals surface area (Å²) in [5, 5.41) is 0. The van der Waals surface area contributed by atoms with Crippen molar-refractivity contribution in [2.75, 3.05) is 0 Å². The predicted octanol–water partition coefficient (Wildman–Crippen LogP) is -2.71. The summed E-state index contributed by atoms with van der Waals surface area (Å²) in [4.78, 5) is 35.7. The van der Waals surface area contributed by atoms with E-state index < -0.39 is 15.6 Å². The zero-order valence-electron chi connectivity index (χ0n) is 5.50. The van der Waals surface area contributed by atoms with Gasteiger partial charge in [0.25, 0.3) is 7.82 Å². The van der Waals surface area contributed by atoms with Gasteiger partial charge in [-0.05, 0) is 0 Å². The first-order valence-electron chi connectivity index (χ1n) is 1.48. The van der Waals surface area contributed by atoms with Crippen molar-refractivity contribution in [2.24, 2.45) is 0 Å². The van der Waals surface area contributed by atoms with Crippen molar-refractivity contribution in [1.29, 1.82) is 0 Å². The van der Waals surface area contributed by atoms with Crippen LogP contribution in [0, 0.1) is 0 Å². The molecule has 11 heavy (non-hydrogen) atoms. The van der Waals surface area contributed by atoms with Crippen LogP contribution in [0.25, 0.3) is 0 Å². The first-order valence-corrected chi connectivity index (χ1v) is 4.43. The molecular formula is H5CaNO7P2. The minimum Gasteiger partial charge on any atom is -0.790 e. The molecule has 1 unspecified atom stereocenters. The molecule has 0 saturated carbocycles. The second kappa shape index (κ2) is 6.01. The van der Waals surface area contributed by atoms with Crippen LogP contribution in [0.15, 0.2) is 0 Å². The topological polar surface area (TPSA) is 169 Å². The molecular weight excluding hydrogens is 228 g/mol. The minimum absolute atomic E-state index is 0. The fraction of sp³-hybridized carbons (Fsp3) is 0. The molecule has 0 fully saturated rings. The summed E-state index contributed by atoms with van der Waals surface area (Å²) < 4.78 is 21.4. The smallest absolute Gasteiger partial charge is 0.790 e. The quantitative estimate of drug-likeness (QED) is 0.385. The second-order valence-corrected chi connectivity index (χ2v) is 3.48. The molecule has 8 nitrogen and oxygen atoms in total. The third-order valence-corrected chi connectivity index (χ3v) is 1.83. The molecule has 64 valence electrons. The molecule has 0 aromatic heterocycles. The summed E-state index contributed by atoms with van der Waals surface area (Å²) in [6, 6.07) is 0. The standard InChI is InChI=1S/Ca.H3N.H4O7P2/c;;1-8(2,3)7-9(4,5)6/h;1H3;(H2,1,2,3)(H2,4,5,6)/q+2;;/p-2. The Kier molecular flexibility index (Phi) is 10.0. The Morgan fingerprint density at radius 1 is 1.18 bits per heavy atom. The molecule has 0 radical (unpaired) electrons. The van der Waals surface area contributed by atoms with E-state index in [1.165, 1.54) is 0 Å². The van der Waals surface area contributed by atoms with E-state index in [2.05, 4.69) is 4.31 Å². The molecule has 0 aromatic carbocycles. The van der Waals surface area contributed by atoms with Crippen LogP contribution in [0.5, 0.6) is 0 Å². The number of hydrogen-bond donors (Lipinski definition) is 2. The van der Waals surface area contributed by atoms with Gasteiger partial charge in [-0.25, -0.2) is 0 Å². The van der Waals surface area contributed by atoms with Gasteiger partial charge in [0, 0.05) is 0 Å². The monoisotopic (exact) mass is 233 g/mol. The van der Waals surface area contributed by atoms with Gasteiger partial charge in [-0.2, -0.15) is 0 Å². The van der Waals surface area contributed by atoms with Gasteiger partial charge in [-0.1, -0.05) is 0 Å². The molecule has 0 aromatic rings. The Labute approximate surface area is 92.0 Å². The summed E-state index contributed by atoms with van der Waals surface area (Å²) in [6.45, 7) is 0. The molecule has 0 rings (SSSR count). The largest absolute Gasteiger partial charge is 2.00 e. The van der Waals surface area contributed by atoms with E-state index in [1.807, 2.05) is 0 Å². The fourth-order valence-corrected chi connectivity index (χ4v) is 1.14. The zero-order chi connectivity index (χ0) is 7.71. The summed E-state index contributed by atoms with van der Waals surface area (Å²) in [5.74, 6) is 0. The van der Waals surface area contributed by atoms with Gasteiger partial charge in [0.1, 0.15) is 0 Å². The number of hydrogen-bond acceptors (Lipinski definition) is 6. The molecule has 1 atom stereocenters. The van der Waals surface area contributed by atoms with Gasteiger partial charge < -0.3 is 30.3 Å². The summed E-state index contributed by atoms with van der Waals surface area (Å²) in [5.41, 5.74) is 0. The van der Waals surface area contributed by atoms with Crippen molar-refractivity contribution >= 4 is 53.4 Å². The van der Waals surface area contributed by atoms with E-state index in [0.717, 1.165) is 0 Å². The number of phosphoric acid groups is 2. The maximum Gasteiger partial charge on any atom is 2.00 e. The van der Waals surface area contributed by atoms with Gasteiger partial charge in [0.15, 0.2) is 0 Å². The van der Waals surface area contributed by atoms with Crippen molar-refractivity contribution in [2.45, 2.75) is 0 Å². The summed E-state index contributed by atoms with van der Waals surface area (Å²) in [6.07, 6.45) is 0. The second-order valence-electron chi connectivity index (χ2n) is 0.997. The number of rotatable bonds is 2. The summed E-state index contributed by atoms with van der Waals surface area (Å²) >= 11 is 0. The Morgan fingerprint density at radius 3 is 1.45 bits per heavy atom. The maximum atomic E-state index is 9.44. The van der Waals surface area contributed by atoms with Crippen molar-refractivity contribution in [3.63, 3.8) is 0 Å². The normalized spacial score (nSPS) is 15.6. The minimum atomic E-state index is -5.61. The maximum absolute atomic E-state index is 9.44. The molecule has 0 bridgehead atoms. The van der Waals surface area contributed by atoms with Crippen LogP contribution in [0.2, 0.25) is 0 Å². The molecule has 0 spiro atoms. The molecule has 11 heteroatoms. The molecule has 0 aliphatic rings. The average Bonchev–Trinajstić information content (AvgIpc) is 1.14. The van der Waals surface area contributed by atoms with Crippen LogP contribution >= 0.6 is 15.6 Å². The third-order valence-electron chi connectivity index (χ3n) is 0.203. The van der Waals surface area contributed by atoms with Crippen LogP contribution in [-0.2, 0) is 13.4 Å².